The third kappa shape index (κ3) is 3.78. The summed E-state index contributed by atoms with van der Waals surface area (Å²) in [5, 5.41) is 6.62. The maximum Gasteiger partial charge on any atom is 0.279 e. The van der Waals surface area contributed by atoms with Gasteiger partial charge in [0.15, 0.2) is 10.8 Å². The second-order valence-corrected chi connectivity index (χ2v) is 10.4. The molecule has 4 rings (SSSR count). The minimum absolute atomic E-state index is 0.196. The Bertz CT molecular complexity index is 944. The number of rotatable bonds is 4. The van der Waals surface area contributed by atoms with Crippen LogP contribution in [0.2, 0.25) is 0 Å². The Balaban J connectivity index is 1.46. The third-order valence-corrected chi connectivity index (χ3v) is 8.45. The zero-order chi connectivity index (χ0) is 19.0. The fraction of sp³-hybridized carbons (Fsp3) is 0.588. The molecule has 1 N–H and O–H groups in total. The van der Waals surface area contributed by atoms with Crippen LogP contribution in [0.15, 0.2) is 10.6 Å². The Labute approximate surface area is 162 Å². The Morgan fingerprint density at radius 1 is 1.33 bits per heavy atom. The predicted molar refractivity (Wildman–Crippen MR) is 101 cm³/mol. The lowest BCUT2D eigenvalue weighted by Crippen LogP contribution is -2.42. The van der Waals surface area contributed by atoms with Crippen LogP contribution < -0.4 is 5.32 Å². The number of aromatic nitrogens is 2. The van der Waals surface area contributed by atoms with Crippen molar-refractivity contribution in [1.29, 1.82) is 0 Å². The molecule has 27 heavy (non-hydrogen) atoms. The van der Waals surface area contributed by atoms with Crippen molar-refractivity contribution < 1.29 is 17.7 Å². The number of carbonyl (C=O) groups is 1. The van der Waals surface area contributed by atoms with Crippen LogP contribution in [0.4, 0.5) is 5.13 Å². The van der Waals surface area contributed by atoms with Gasteiger partial charge in [-0.2, -0.15) is 4.31 Å². The average molecular weight is 411 g/mol. The quantitative estimate of drug-likeness (QED) is 0.831. The SMILES string of the molecule is Cc1cc(C(=O)Nc2nc3c(s2)CN(S(=O)(=O)C2CCCCC2)CC3)no1. The topological polar surface area (TPSA) is 105 Å². The van der Waals surface area contributed by atoms with Gasteiger partial charge in [0.1, 0.15) is 5.76 Å². The number of carbonyl (C=O) groups excluding carboxylic acids is 1. The van der Waals surface area contributed by atoms with Gasteiger partial charge >= 0.3 is 0 Å². The molecule has 0 bridgehead atoms. The summed E-state index contributed by atoms with van der Waals surface area (Å²) >= 11 is 1.32. The molecule has 146 valence electrons. The van der Waals surface area contributed by atoms with E-state index in [2.05, 4.69) is 15.5 Å². The lowest BCUT2D eigenvalue weighted by molar-refractivity contribution is 0.101. The van der Waals surface area contributed by atoms with Crippen LogP contribution in [-0.4, -0.2) is 40.6 Å². The molecule has 2 aromatic heterocycles. The molecule has 10 heteroatoms. The molecule has 1 aliphatic carbocycles. The van der Waals surface area contributed by atoms with Gasteiger partial charge in [-0.25, -0.2) is 13.4 Å². The molecule has 0 atom stereocenters. The molecule has 3 heterocycles. The Hall–Kier alpha value is -1.78. The van der Waals surface area contributed by atoms with Crippen molar-refractivity contribution in [3.05, 3.63) is 28.1 Å². The van der Waals surface area contributed by atoms with Crippen molar-refractivity contribution in [3.8, 4) is 0 Å². The molecular formula is C17H22N4O4S2. The van der Waals surface area contributed by atoms with E-state index in [-0.39, 0.29) is 16.9 Å². The maximum absolute atomic E-state index is 12.9. The van der Waals surface area contributed by atoms with Crippen molar-refractivity contribution in [1.82, 2.24) is 14.4 Å². The number of aryl methyl sites for hydroxylation is 1. The summed E-state index contributed by atoms with van der Waals surface area (Å²) < 4.78 is 32.4. The van der Waals surface area contributed by atoms with Crippen LogP contribution >= 0.6 is 11.3 Å². The summed E-state index contributed by atoms with van der Waals surface area (Å²) in [6, 6.07) is 1.56. The highest BCUT2D eigenvalue weighted by molar-refractivity contribution is 7.89. The van der Waals surface area contributed by atoms with Gasteiger partial charge in [0.25, 0.3) is 5.91 Å². The number of hydrogen-bond donors (Lipinski definition) is 1. The van der Waals surface area contributed by atoms with Gasteiger partial charge in [-0.05, 0) is 19.8 Å². The summed E-state index contributed by atoms with van der Waals surface area (Å²) in [7, 11) is -3.28. The van der Waals surface area contributed by atoms with Crippen LogP contribution in [0.25, 0.3) is 0 Å². The first-order chi connectivity index (χ1) is 12.9. The van der Waals surface area contributed by atoms with Crippen LogP contribution in [0.5, 0.6) is 0 Å². The minimum Gasteiger partial charge on any atom is -0.361 e. The van der Waals surface area contributed by atoms with E-state index in [9.17, 15) is 13.2 Å². The second kappa shape index (κ2) is 7.33. The molecule has 0 saturated heterocycles. The monoisotopic (exact) mass is 410 g/mol. The van der Waals surface area contributed by atoms with Gasteiger partial charge in [-0.1, -0.05) is 24.4 Å². The van der Waals surface area contributed by atoms with Crippen molar-refractivity contribution in [2.45, 2.75) is 57.2 Å². The lowest BCUT2D eigenvalue weighted by Gasteiger charge is -2.31. The summed E-state index contributed by atoms with van der Waals surface area (Å²) in [5.74, 6) is 0.173. The van der Waals surface area contributed by atoms with E-state index in [1.54, 1.807) is 17.3 Å². The van der Waals surface area contributed by atoms with Gasteiger partial charge in [-0.15, -0.1) is 11.3 Å². The van der Waals surface area contributed by atoms with Gasteiger partial charge in [-0.3, -0.25) is 10.1 Å². The van der Waals surface area contributed by atoms with E-state index in [4.69, 9.17) is 4.52 Å². The first-order valence-corrected chi connectivity index (χ1v) is 11.5. The first kappa shape index (κ1) is 18.6. The normalized spacial score (nSPS) is 19.0. The minimum atomic E-state index is -3.28. The Morgan fingerprint density at radius 3 is 2.81 bits per heavy atom. The van der Waals surface area contributed by atoms with E-state index in [1.165, 1.54) is 11.3 Å². The summed E-state index contributed by atoms with van der Waals surface area (Å²) in [6.45, 7) is 2.50. The number of anilines is 1. The molecule has 2 aliphatic rings. The van der Waals surface area contributed by atoms with Crippen molar-refractivity contribution in [3.63, 3.8) is 0 Å². The number of hydrogen-bond acceptors (Lipinski definition) is 7. The smallest absolute Gasteiger partial charge is 0.279 e. The maximum atomic E-state index is 12.9. The first-order valence-electron chi connectivity index (χ1n) is 9.15. The summed E-state index contributed by atoms with van der Waals surface area (Å²) in [4.78, 5) is 17.6. The highest BCUT2D eigenvalue weighted by Crippen LogP contribution is 2.33. The molecule has 0 unspecified atom stereocenters. The van der Waals surface area contributed by atoms with Crippen LogP contribution in [0, 0.1) is 6.92 Å². The van der Waals surface area contributed by atoms with E-state index in [0.717, 1.165) is 42.7 Å². The standard InChI is InChI=1S/C17H22N4O4S2/c1-11-9-14(20-25-11)16(22)19-17-18-13-7-8-21(10-15(13)26-17)27(23,24)12-5-3-2-4-6-12/h9,12H,2-8,10H2,1H3,(H,18,19,22). The molecule has 0 aromatic carbocycles. The molecule has 0 spiro atoms. The highest BCUT2D eigenvalue weighted by Gasteiger charge is 2.35. The summed E-state index contributed by atoms with van der Waals surface area (Å²) in [5.41, 5.74) is 1.06. The molecule has 1 amide bonds. The molecule has 0 radical (unpaired) electrons. The molecule has 1 aliphatic heterocycles. The van der Waals surface area contributed by atoms with Gasteiger partial charge in [0.2, 0.25) is 10.0 Å². The van der Waals surface area contributed by atoms with E-state index < -0.39 is 10.0 Å². The van der Waals surface area contributed by atoms with Gasteiger partial charge in [0, 0.05) is 30.5 Å². The highest BCUT2D eigenvalue weighted by atomic mass is 32.2. The molecule has 8 nitrogen and oxygen atoms in total. The number of fused-ring (bicyclic) bond motifs is 1. The number of thiazole rings is 1. The predicted octanol–water partition coefficient (Wildman–Crippen LogP) is 2.71. The van der Waals surface area contributed by atoms with Gasteiger partial charge in [0.05, 0.1) is 10.9 Å². The summed E-state index contributed by atoms with van der Waals surface area (Å²) in [6.07, 6.45) is 5.18. The number of sulfonamides is 1. The lowest BCUT2D eigenvalue weighted by atomic mass is 10.0. The fourth-order valence-electron chi connectivity index (χ4n) is 3.65. The van der Waals surface area contributed by atoms with Crippen LogP contribution in [0.1, 0.15) is 58.9 Å². The number of amides is 1. The van der Waals surface area contributed by atoms with Crippen molar-refractivity contribution in [2.75, 3.05) is 11.9 Å². The zero-order valence-corrected chi connectivity index (χ0v) is 16.7. The Kier molecular flexibility index (Phi) is 5.04. The largest absolute Gasteiger partial charge is 0.361 e. The average Bonchev–Trinajstić information content (AvgIpc) is 3.27. The zero-order valence-electron chi connectivity index (χ0n) is 15.1. The Morgan fingerprint density at radius 2 is 2.11 bits per heavy atom. The number of nitrogens with zero attached hydrogens (tertiary/aromatic N) is 3. The van der Waals surface area contributed by atoms with Crippen molar-refractivity contribution in [2.24, 2.45) is 0 Å². The van der Waals surface area contributed by atoms with Gasteiger partial charge < -0.3 is 4.52 Å². The molecule has 1 saturated carbocycles. The second-order valence-electron chi connectivity index (χ2n) is 7.05. The molecular weight excluding hydrogens is 388 g/mol. The van der Waals surface area contributed by atoms with E-state index in [0.29, 0.717) is 30.4 Å². The molecule has 2 aromatic rings. The van der Waals surface area contributed by atoms with Crippen molar-refractivity contribution >= 4 is 32.4 Å². The molecule has 1 fully saturated rings. The van der Waals surface area contributed by atoms with Crippen LogP contribution in [-0.2, 0) is 23.0 Å². The van der Waals surface area contributed by atoms with E-state index >= 15 is 0 Å². The van der Waals surface area contributed by atoms with Crippen LogP contribution in [0.3, 0.4) is 0 Å². The van der Waals surface area contributed by atoms with E-state index in [1.807, 2.05) is 0 Å². The number of nitrogens with one attached hydrogen (secondary N) is 1. The third-order valence-electron chi connectivity index (χ3n) is 5.11. The fourth-order valence-corrected chi connectivity index (χ4v) is 6.76.